The highest BCUT2D eigenvalue weighted by molar-refractivity contribution is 6.01. The van der Waals surface area contributed by atoms with Crippen LogP contribution in [0.1, 0.15) is 57.1 Å². The summed E-state index contributed by atoms with van der Waals surface area (Å²) >= 11 is 0. The molecule has 0 saturated heterocycles. The normalized spacial score (nSPS) is 20.6. The molecule has 0 aromatic heterocycles. The molecule has 0 heterocycles. The molecule has 1 aromatic carbocycles. The summed E-state index contributed by atoms with van der Waals surface area (Å²) in [7, 11) is 1.82. The third-order valence-electron chi connectivity index (χ3n) is 6.14. The largest absolute Gasteiger partial charge is 0.348 e. The van der Waals surface area contributed by atoms with Crippen LogP contribution in [0.5, 0.6) is 0 Å². The van der Waals surface area contributed by atoms with Crippen LogP contribution in [0, 0.1) is 5.92 Å². The van der Waals surface area contributed by atoms with Crippen molar-refractivity contribution in [2.75, 3.05) is 7.05 Å². The predicted octanol–water partition coefficient (Wildman–Crippen LogP) is 3.40. The topological polar surface area (TPSA) is 70.2 Å². The summed E-state index contributed by atoms with van der Waals surface area (Å²) in [6.07, 6.45) is 8.20. The Bertz CT molecular complexity index is 810. The monoisotopic (exact) mass is 409 g/mol. The number of hydrogen-bond acceptors (Lipinski definition) is 4. The van der Waals surface area contributed by atoms with Crippen molar-refractivity contribution >= 4 is 11.7 Å². The van der Waals surface area contributed by atoms with Crippen molar-refractivity contribution in [3.8, 4) is 0 Å². The number of allylic oxidation sites excluding steroid dienone is 2. The van der Waals surface area contributed by atoms with Crippen molar-refractivity contribution in [1.82, 2.24) is 16.0 Å². The highest BCUT2D eigenvalue weighted by atomic mass is 16.1. The molecule has 3 N–H and O–H groups in total. The Hall–Kier alpha value is -2.24. The smallest absolute Gasteiger partial charge is 0.251 e. The molecule has 3 unspecified atom stereocenters. The lowest BCUT2D eigenvalue weighted by atomic mass is 9.90. The molecule has 0 bridgehead atoms. The summed E-state index contributed by atoms with van der Waals surface area (Å²) in [6.45, 7) is 5.77. The summed E-state index contributed by atoms with van der Waals surface area (Å²) in [5, 5.41) is 9.63. The molecule has 5 nitrogen and oxygen atoms in total. The number of nitrogens with one attached hydrogen (secondary N) is 3. The minimum Gasteiger partial charge on any atom is -0.348 e. The van der Waals surface area contributed by atoms with E-state index >= 15 is 0 Å². The van der Waals surface area contributed by atoms with E-state index in [9.17, 15) is 9.59 Å². The van der Waals surface area contributed by atoms with Crippen molar-refractivity contribution in [2.45, 2.75) is 71.1 Å². The van der Waals surface area contributed by atoms with Gasteiger partial charge in [-0.25, -0.2) is 0 Å². The molecule has 0 aliphatic heterocycles. The van der Waals surface area contributed by atoms with Gasteiger partial charge in [-0.3, -0.25) is 9.59 Å². The number of carbonyl (C=O) groups is 2. The van der Waals surface area contributed by atoms with Crippen molar-refractivity contribution in [3.63, 3.8) is 0 Å². The van der Waals surface area contributed by atoms with E-state index in [0.717, 1.165) is 42.9 Å². The molecule has 1 fully saturated rings. The van der Waals surface area contributed by atoms with Gasteiger partial charge in [0.1, 0.15) is 0 Å². The van der Waals surface area contributed by atoms with Crippen LogP contribution in [0.15, 0.2) is 47.6 Å². The molecule has 2 aliphatic carbocycles. The van der Waals surface area contributed by atoms with Crippen LogP contribution >= 0.6 is 0 Å². The number of ketones is 1. The quantitative estimate of drug-likeness (QED) is 0.467. The van der Waals surface area contributed by atoms with Crippen molar-refractivity contribution in [3.05, 3.63) is 58.7 Å². The molecule has 2 aliphatic rings. The fourth-order valence-electron chi connectivity index (χ4n) is 3.75. The molecule has 1 saturated carbocycles. The number of hydrogen-bond donors (Lipinski definition) is 3. The lowest BCUT2D eigenvalue weighted by Crippen LogP contribution is -2.35. The Morgan fingerprint density at radius 2 is 1.77 bits per heavy atom. The zero-order valence-corrected chi connectivity index (χ0v) is 18.5. The standard InChI is InChI=1S/C25H35N3O2/c1-4-5-6-22(26-3)24(29)14-20-11-12-21(20)25(30)28-16-19-9-7-18(8-10-19)15-27-23-13-17(23)2/h7-12,17,22-23,26-27H,4-6,13-16H2,1-3H3,(H,28,30). The van der Waals surface area contributed by atoms with E-state index in [4.69, 9.17) is 0 Å². The SMILES string of the molecule is CCCCC(NC)C(=O)CC1=C(C(=O)NCc2ccc(CNC3CC3C)cc2)C=C1. The Morgan fingerprint density at radius 3 is 2.30 bits per heavy atom. The molecule has 0 spiro atoms. The van der Waals surface area contributed by atoms with Gasteiger partial charge in [0.2, 0.25) is 0 Å². The average Bonchev–Trinajstić information content (AvgIpc) is 3.44. The second kappa shape index (κ2) is 10.7. The van der Waals surface area contributed by atoms with Crippen LogP contribution in [-0.2, 0) is 22.7 Å². The second-order valence-corrected chi connectivity index (χ2v) is 8.60. The molecule has 1 aromatic rings. The summed E-state index contributed by atoms with van der Waals surface area (Å²) in [6, 6.07) is 8.89. The van der Waals surface area contributed by atoms with Crippen LogP contribution in [0.3, 0.4) is 0 Å². The van der Waals surface area contributed by atoms with Crippen LogP contribution in [0.2, 0.25) is 0 Å². The molecule has 3 rings (SSSR count). The first-order valence-electron chi connectivity index (χ1n) is 11.2. The van der Waals surface area contributed by atoms with E-state index in [1.165, 1.54) is 12.0 Å². The van der Waals surface area contributed by atoms with Crippen molar-refractivity contribution < 1.29 is 9.59 Å². The predicted molar refractivity (Wildman–Crippen MR) is 121 cm³/mol. The molecule has 5 heteroatoms. The number of carbonyl (C=O) groups excluding carboxylic acids is 2. The number of amides is 1. The first-order chi connectivity index (χ1) is 14.5. The summed E-state index contributed by atoms with van der Waals surface area (Å²) in [4.78, 5) is 25.0. The first kappa shape index (κ1) is 22.4. The van der Waals surface area contributed by atoms with Gasteiger partial charge in [0.25, 0.3) is 5.91 Å². The summed E-state index contributed by atoms with van der Waals surface area (Å²) in [5.74, 6) is 0.846. The summed E-state index contributed by atoms with van der Waals surface area (Å²) < 4.78 is 0. The van der Waals surface area contributed by atoms with Gasteiger partial charge in [0.15, 0.2) is 5.78 Å². The van der Waals surface area contributed by atoms with Gasteiger partial charge in [0, 0.05) is 31.1 Å². The summed E-state index contributed by atoms with van der Waals surface area (Å²) in [5.41, 5.74) is 3.80. The lowest BCUT2D eigenvalue weighted by Gasteiger charge is -2.19. The van der Waals surface area contributed by atoms with E-state index in [1.807, 2.05) is 13.1 Å². The van der Waals surface area contributed by atoms with E-state index in [-0.39, 0.29) is 17.7 Å². The second-order valence-electron chi connectivity index (χ2n) is 8.60. The number of unbranched alkanes of at least 4 members (excludes halogenated alkanes) is 1. The zero-order valence-electron chi connectivity index (χ0n) is 18.5. The molecule has 162 valence electrons. The fraction of sp³-hybridized carbons (Fsp3) is 0.520. The Labute approximate surface area is 180 Å². The van der Waals surface area contributed by atoms with Crippen molar-refractivity contribution in [1.29, 1.82) is 0 Å². The lowest BCUT2D eigenvalue weighted by molar-refractivity contribution is -0.120. The highest BCUT2D eigenvalue weighted by Crippen LogP contribution is 2.29. The van der Waals surface area contributed by atoms with Crippen LogP contribution < -0.4 is 16.0 Å². The van der Waals surface area contributed by atoms with Crippen LogP contribution in [0.4, 0.5) is 0 Å². The third-order valence-corrected chi connectivity index (χ3v) is 6.14. The van der Waals surface area contributed by atoms with Gasteiger partial charge < -0.3 is 16.0 Å². The first-order valence-corrected chi connectivity index (χ1v) is 11.2. The van der Waals surface area contributed by atoms with E-state index in [2.05, 4.69) is 54.1 Å². The van der Waals surface area contributed by atoms with E-state index < -0.39 is 0 Å². The van der Waals surface area contributed by atoms with E-state index in [0.29, 0.717) is 24.6 Å². The maximum atomic E-state index is 12.5. The maximum absolute atomic E-state index is 12.5. The van der Waals surface area contributed by atoms with Crippen LogP contribution in [-0.4, -0.2) is 30.8 Å². The highest BCUT2D eigenvalue weighted by Gasteiger charge is 2.31. The van der Waals surface area contributed by atoms with Gasteiger partial charge in [-0.05, 0) is 48.6 Å². The van der Waals surface area contributed by atoms with Gasteiger partial charge >= 0.3 is 0 Å². The van der Waals surface area contributed by atoms with Gasteiger partial charge in [-0.1, -0.05) is 57.0 Å². The Balaban J connectivity index is 1.45. The van der Waals surface area contributed by atoms with Crippen LogP contribution in [0.25, 0.3) is 0 Å². The third kappa shape index (κ3) is 6.13. The molecule has 3 atom stereocenters. The molecule has 0 radical (unpaired) electrons. The number of benzene rings is 1. The minimum absolute atomic E-state index is 0.108. The fourth-order valence-corrected chi connectivity index (χ4v) is 3.75. The molecular formula is C25H35N3O2. The Morgan fingerprint density at radius 1 is 1.10 bits per heavy atom. The van der Waals surface area contributed by atoms with E-state index in [1.54, 1.807) is 6.08 Å². The van der Waals surface area contributed by atoms with Gasteiger partial charge in [-0.2, -0.15) is 0 Å². The van der Waals surface area contributed by atoms with Crippen molar-refractivity contribution in [2.24, 2.45) is 5.92 Å². The molecule has 1 amide bonds. The zero-order chi connectivity index (χ0) is 21.5. The number of likely N-dealkylation sites (N-methyl/N-ethyl adjacent to an activating group) is 1. The van der Waals surface area contributed by atoms with Gasteiger partial charge in [-0.15, -0.1) is 0 Å². The number of Topliss-reactive ketones (excluding diaryl/α,β-unsaturated/α-hetero) is 1. The number of rotatable bonds is 13. The molecule has 30 heavy (non-hydrogen) atoms. The minimum atomic E-state index is -0.133. The maximum Gasteiger partial charge on any atom is 0.251 e. The van der Waals surface area contributed by atoms with Gasteiger partial charge in [0.05, 0.1) is 6.04 Å². The molecular weight excluding hydrogens is 374 g/mol. The Kier molecular flexibility index (Phi) is 8.00. The average molecular weight is 410 g/mol.